The van der Waals surface area contributed by atoms with Crippen LogP contribution in [0.3, 0.4) is 0 Å². The molecule has 0 atom stereocenters. The molecule has 0 bridgehead atoms. The first kappa shape index (κ1) is 23.5. The van der Waals surface area contributed by atoms with Gasteiger partial charge in [0.2, 0.25) is 0 Å². The van der Waals surface area contributed by atoms with Crippen LogP contribution in [-0.4, -0.2) is 35.5 Å². The number of fused-ring (bicyclic) bond motifs is 2. The number of hydrogen-bond donors (Lipinski definition) is 1. The number of rotatable bonds is 5. The van der Waals surface area contributed by atoms with Crippen molar-refractivity contribution in [3.05, 3.63) is 94.0 Å². The molecule has 0 saturated heterocycles. The molecule has 1 aliphatic carbocycles. The molecule has 1 fully saturated rings. The SMILES string of the molecule is Cc1ncc(Cl)cc1C(=O)N[C@H]1CC[C@H](Cn2c(=O)n(-c3ccn4ccnc4c3)c3ccccc32)CC1. The van der Waals surface area contributed by atoms with E-state index in [2.05, 4.69) is 15.3 Å². The first-order valence-corrected chi connectivity index (χ1v) is 12.9. The second-order valence-electron chi connectivity index (χ2n) is 9.77. The van der Waals surface area contributed by atoms with Crippen LogP contribution in [0.4, 0.5) is 0 Å². The van der Waals surface area contributed by atoms with Crippen LogP contribution in [0.5, 0.6) is 0 Å². The Labute approximate surface area is 218 Å². The van der Waals surface area contributed by atoms with Crippen molar-refractivity contribution in [3.63, 3.8) is 0 Å². The van der Waals surface area contributed by atoms with Crippen molar-refractivity contribution in [1.29, 1.82) is 0 Å². The highest BCUT2D eigenvalue weighted by Crippen LogP contribution is 2.28. The third kappa shape index (κ3) is 4.42. The highest BCUT2D eigenvalue weighted by Gasteiger charge is 2.25. The Hall–Kier alpha value is -3.91. The fourth-order valence-electron chi connectivity index (χ4n) is 5.42. The highest BCUT2D eigenvalue weighted by molar-refractivity contribution is 6.30. The van der Waals surface area contributed by atoms with Crippen LogP contribution in [-0.2, 0) is 6.54 Å². The monoisotopic (exact) mass is 514 g/mol. The van der Waals surface area contributed by atoms with E-state index in [1.54, 1.807) is 23.0 Å². The summed E-state index contributed by atoms with van der Waals surface area (Å²) in [7, 11) is 0. The molecule has 4 heterocycles. The minimum absolute atomic E-state index is 0.0449. The summed E-state index contributed by atoms with van der Waals surface area (Å²) in [6.45, 7) is 2.46. The van der Waals surface area contributed by atoms with E-state index in [0.717, 1.165) is 48.1 Å². The normalized spacial score (nSPS) is 17.9. The van der Waals surface area contributed by atoms with Crippen LogP contribution >= 0.6 is 11.6 Å². The summed E-state index contributed by atoms with van der Waals surface area (Å²) in [5, 5.41) is 3.60. The van der Waals surface area contributed by atoms with Crippen LogP contribution in [0.25, 0.3) is 22.4 Å². The number of carbonyl (C=O) groups is 1. The molecule has 4 aromatic heterocycles. The number of halogens is 1. The van der Waals surface area contributed by atoms with Crippen LogP contribution in [0, 0.1) is 12.8 Å². The zero-order chi connectivity index (χ0) is 25.5. The number of para-hydroxylation sites is 2. The molecule has 6 rings (SSSR count). The third-order valence-electron chi connectivity index (χ3n) is 7.40. The summed E-state index contributed by atoms with van der Waals surface area (Å²) < 4.78 is 5.60. The number of nitrogens with zero attached hydrogens (tertiary/aromatic N) is 5. The second kappa shape index (κ2) is 9.52. The van der Waals surface area contributed by atoms with Crippen LogP contribution in [0.1, 0.15) is 41.7 Å². The number of hydrogen-bond acceptors (Lipinski definition) is 4. The molecule has 0 aliphatic heterocycles. The van der Waals surface area contributed by atoms with E-state index in [0.29, 0.717) is 28.7 Å². The van der Waals surface area contributed by atoms with Crippen molar-refractivity contribution < 1.29 is 4.79 Å². The second-order valence-corrected chi connectivity index (χ2v) is 10.2. The van der Waals surface area contributed by atoms with Gasteiger partial charge in [0.15, 0.2) is 0 Å². The first-order chi connectivity index (χ1) is 18.0. The lowest BCUT2D eigenvalue weighted by Crippen LogP contribution is -2.39. The minimum Gasteiger partial charge on any atom is -0.349 e. The summed E-state index contributed by atoms with van der Waals surface area (Å²) in [5.41, 5.74) is 4.54. The molecule has 1 aromatic carbocycles. The molecule has 1 N–H and O–H groups in total. The van der Waals surface area contributed by atoms with Gasteiger partial charge in [-0.25, -0.2) is 9.78 Å². The number of aryl methyl sites for hydroxylation is 1. The number of nitrogens with one attached hydrogen (secondary N) is 1. The molecule has 1 saturated carbocycles. The standard InChI is InChI=1S/C28H27ClN6O2/c1-18-23(14-20(29)16-31-18)27(36)32-21-8-6-19(7-9-21)17-34-24-4-2-3-5-25(24)35(28(34)37)22-10-12-33-13-11-30-26(33)15-22/h2-5,10-16,19,21H,6-9,17H2,1H3,(H,32,36)/t19-,21-. The van der Waals surface area contributed by atoms with Gasteiger partial charge in [0.25, 0.3) is 5.91 Å². The van der Waals surface area contributed by atoms with Crippen molar-refractivity contribution in [1.82, 2.24) is 28.8 Å². The predicted molar refractivity (Wildman–Crippen MR) is 143 cm³/mol. The molecule has 188 valence electrons. The molecule has 0 unspecified atom stereocenters. The third-order valence-corrected chi connectivity index (χ3v) is 7.60. The predicted octanol–water partition coefficient (Wildman–Crippen LogP) is 4.79. The van der Waals surface area contributed by atoms with E-state index in [4.69, 9.17) is 11.6 Å². The van der Waals surface area contributed by atoms with Crippen LogP contribution in [0.2, 0.25) is 5.02 Å². The summed E-state index contributed by atoms with van der Waals surface area (Å²) in [6, 6.07) is 13.6. The Morgan fingerprint density at radius 2 is 1.84 bits per heavy atom. The molecule has 5 aromatic rings. The summed E-state index contributed by atoms with van der Waals surface area (Å²) in [6.07, 6.45) is 10.7. The average Bonchev–Trinajstić information content (AvgIpc) is 3.48. The van der Waals surface area contributed by atoms with Gasteiger partial charge in [0.1, 0.15) is 5.65 Å². The highest BCUT2D eigenvalue weighted by atomic mass is 35.5. The quantitative estimate of drug-likeness (QED) is 0.365. The van der Waals surface area contributed by atoms with Gasteiger partial charge in [-0.05, 0) is 62.8 Å². The lowest BCUT2D eigenvalue weighted by atomic mass is 9.85. The van der Waals surface area contributed by atoms with Gasteiger partial charge in [0, 0.05) is 43.4 Å². The minimum atomic E-state index is -0.135. The maximum atomic E-state index is 13.7. The molecule has 1 amide bonds. The largest absolute Gasteiger partial charge is 0.349 e. The number of carbonyl (C=O) groups excluding carboxylic acids is 1. The Morgan fingerprint density at radius 3 is 2.65 bits per heavy atom. The van der Waals surface area contributed by atoms with Crippen molar-refractivity contribution >= 4 is 34.2 Å². The van der Waals surface area contributed by atoms with E-state index in [1.165, 1.54) is 0 Å². The Kier molecular flexibility index (Phi) is 6.04. The molecule has 0 spiro atoms. The lowest BCUT2D eigenvalue weighted by Gasteiger charge is -2.29. The molecular weight excluding hydrogens is 488 g/mol. The van der Waals surface area contributed by atoms with Gasteiger partial charge in [0.05, 0.1) is 33.0 Å². The first-order valence-electron chi connectivity index (χ1n) is 12.5. The summed E-state index contributed by atoms with van der Waals surface area (Å²) >= 11 is 6.04. The Morgan fingerprint density at radius 1 is 1.05 bits per heavy atom. The van der Waals surface area contributed by atoms with Crippen LogP contribution in [0.15, 0.2) is 72.0 Å². The summed E-state index contributed by atoms with van der Waals surface area (Å²) in [4.78, 5) is 35.0. The van der Waals surface area contributed by atoms with E-state index in [9.17, 15) is 9.59 Å². The van der Waals surface area contributed by atoms with E-state index < -0.39 is 0 Å². The van der Waals surface area contributed by atoms with Gasteiger partial charge >= 0.3 is 5.69 Å². The molecule has 1 aliphatic rings. The fraction of sp³-hybridized carbons (Fsp3) is 0.286. The zero-order valence-corrected chi connectivity index (χ0v) is 21.2. The molecule has 8 nitrogen and oxygen atoms in total. The average molecular weight is 515 g/mol. The Balaban J connectivity index is 1.20. The Bertz CT molecular complexity index is 1680. The number of pyridine rings is 2. The summed E-state index contributed by atoms with van der Waals surface area (Å²) in [5.74, 6) is 0.221. The maximum Gasteiger partial charge on any atom is 0.333 e. The van der Waals surface area contributed by atoms with Crippen molar-refractivity contribution in [3.8, 4) is 5.69 Å². The fourth-order valence-corrected chi connectivity index (χ4v) is 5.58. The lowest BCUT2D eigenvalue weighted by molar-refractivity contribution is 0.0919. The van der Waals surface area contributed by atoms with Crippen LogP contribution < -0.4 is 11.0 Å². The van der Waals surface area contributed by atoms with E-state index in [-0.39, 0.29) is 17.6 Å². The van der Waals surface area contributed by atoms with Crippen molar-refractivity contribution in [2.24, 2.45) is 5.92 Å². The van der Waals surface area contributed by atoms with Gasteiger partial charge in [-0.15, -0.1) is 0 Å². The molecule has 37 heavy (non-hydrogen) atoms. The molecule has 0 radical (unpaired) electrons. The maximum absolute atomic E-state index is 13.7. The molecule has 9 heteroatoms. The number of benzene rings is 1. The van der Waals surface area contributed by atoms with Gasteiger partial charge in [-0.1, -0.05) is 23.7 Å². The number of amides is 1. The van der Waals surface area contributed by atoms with Crippen molar-refractivity contribution in [2.75, 3.05) is 0 Å². The topological polar surface area (TPSA) is 86.2 Å². The van der Waals surface area contributed by atoms with Gasteiger partial charge in [-0.3, -0.25) is 18.9 Å². The van der Waals surface area contributed by atoms with E-state index >= 15 is 0 Å². The van der Waals surface area contributed by atoms with E-state index in [1.807, 2.05) is 64.7 Å². The number of imidazole rings is 2. The molecular formula is C28H27ClN6O2. The van der Waals surface area contributed by atoms with Gasteiger partial charge in [-0.2, -0.15) is 0 Å². The van der Waals surface area contributed by atoms with Gasteiger partial charge < -0.3 is 9.72 Å². The van der Waals surface area contributed by atoms with Crippen molar-refractivity contribution in [2.45, 2.75) is 45.2 Å². The smallest absolute Gasteiger partial charge is 0.333 e. The zero-order valence-electron chi connectivity index (χ0n) is 20.5. The number of aromatic nitrogens is 5.